The first kappa shape index (κ1) is 15.5. The van der Waals surface area contributed by atoms with Crippen molar-refractivity contribution in [3.63, 3.8) is 0 Å². The number of hydrogen-bond acceptors (Lipinski definition) is 4. The average Bonchev–Trinajstić information content (AvgIpc) is 3.16. The van der Waals surface area contributed by atoms with Crippen molar-refractivity contribution in [1.29, 1.82) is 5.26 Å². The van der Waals surface area contributed by atoms with Gasteiger partial charge in [0.2, 0.25) is 0 Å². The molecule has 0 spiro atoms. The van der Waals surface area contributed by atoms with Gasteiger partial charge in [0.15, 0.2) is 0 Å². The van der Waals surface area contributed by atoms with Crippen molar-refractivity contribution in [2.75, 3.05) is 5.32 Å². The van der Waals surface area contributed by atoms with E-state index < -0.39 is 0 Å². The molecule has 2 aromatic heterocycles. The van der Waals surface area contributed by atoms with Crippen molar-refractivity contribution in [2.24, 2.45) is 0 Å². The molecule has 0 aliphatic rings. The monoisotopic (exact) mass is 386 g/mol. The third-order valence-electron chi connectivity index (χ3n) is 3.09. The lowest BCUT2D eigenvalue weighted by Gasteiger charge is -2.02. The molecule has 7 heteroatoms. The summed E-state index contributed by atoms with van der Waals surface area (Å²) in [5.41, 5.74) is 2.23. The van der Waals surface area contributed by atoms with Crippen LogP contribution in [0.2, 0.25) is 0 Å². The van der Waals surface area contributed by atoms with Crippen LogP contribution in [0.4, 0.5) is 5.69 Å². The molecule has 0 radical (unpaired) electrons. The standard InChI is InChI=1S/C16H11BrN4OS/c17-15-5-4-14(23-15)16(22)20-13-8-19-21(10-13)9-12-3-1-2-11(6-12)7-18/h1-6,8,10H,9H2,(H,20,22). The zero-order valence-electron chi connectivity index (χ0n) is 11.9. The van der Waals surface area contributed by atoms with E-state index in [-0.39, 0.29) is 5.91 Å². The number of thiophene rings is 1. The number of amides is 1. The van der Waals surface area contributed by atoms with E-state index in [0.717, 1.165) is 9.35 Å². The summed E-state index contributed by atoms with van der Waals surface area (Å²) in [5, 5.41) is 16.0. The molecule has 0 aliphatic carbocycles. The molecule has 0 saturated carbocycles. The van der Waals surface area contributed by atoms with Crippen molar-refractivity contribution in [2.45, 2.75) is 6.54 Å². The number of aromatic nitrogens is 2. The van der Waals surface area contributed by atoms with Gasteiger partial charge in [-0.1, -0.05) is 12.1 Å². The topological polar surface area (TPSA) is 70.7 Å². The average molecular weight is 387 g/mol. The first-order chi connectivity index (χ1) is 11.1. The van der Waals surface area contributed by atoms with E-state index in [4.69, 9.17) is 5.26 Å². The number of carbonyl (C=O) groups excluding carboxylic acids is 1. The number of nitrogens with zero attached hydrogens (tertiary/aromatic N) is 3. The normalized spacial score (nSPS) is 10.3. The first-order valence-corrected chi connectivity index (χ1v) is 8.33. The Balaban J connectivity index is 1.68. The highest BCUT2D eigenvalue weighted by atomic mass is 79.9. The minimum atomic E-state index is -0.160. The van der Waals surface area contributed by atoms with E-state index in [1.807, 2.05) is 24.3 Å². The molecule has 0 aliphatic heterocycles. The van der Waals surface area contributed by atoms with Gasteiger partial charge in [0.05, 0.1) is 38.7 Å². The molecule has 23 heavy (non-hydrogen) atoms. The van der Waals surface area contributed by atoms with Crippen molar-refractivity contribution < 1.29 is 4.79 Å². The highest BCUT2D eigenvalue weighted by molar-refractivity contribution is 9.11. The predicted molar refractivity (Wildman–Crippen MR) is 92.5 cm³/mol. The molecule has 2 heterocycles. The second kappa shape index (κ2) is 6.77. The number of rotatable bonds is 4. The molecule has 1 aromatic carbocycles. The Kier molecular flexibility index (Phi) is 4.55. The number of nitrogens with one attached hydrogen (secondary N) is 1. The van der Waals surface area contributed by atoms with E-state index in [0.29, 0.717) is 22.7 Å². The summed E-state index contributed by atoms with van der Waals surface area (Å²) in [6.07, 6.45) is 3.37. The minimum Gasteiger partial charge on any atom is -0.319 e. The third kappa shape index (κ3) is 3.86. The molecule has 3 rings (SSSR count). The van der Waals surface area contributed by atoms with Gasteiger partial charge in [0, 0.05) is 6.20 Å². The summed E-state index contributed by atoms with van der Waals surface area (Å²) in [6.45, 7) is 0.538. The van der Waals surface area contributed by atoms with Crippen LogP contribution in [0.5, 0.6) is 0 Å². The van der Waals surface area contributed by atoms with Crippen molar-refractivity contribution >= 4 is 38.9 Å². The SMILES string of the molecule is N#Cc1cccc(Cn2cc(NC(=O)c3ccc(Br)s3)cn2)c1. The first-order valence-electron chi connectivity index (χ1n) is 6.72. The largest absolute Gasteiger partial charge is 0.319 e. The van der Waals surface area contributed by atoms with Crippen LogP contribution in [0.25, 0.3) is 0 Å². The number of carbonyl (C=O) groups is 1. The Bertz CT molecular complexity index is 893. The van der Waals surface area contributed by atoms with Crippen LogP contribution in [0.3, 0.4) is 0 Å². The van der Waals surface area contributed by atoms with Crippen molar-refractivity contribution in [3.8, 4) is 6.07 Å². The Morgan fingerprint density at radius 1 is 1.39 bits per heavy atom. The summed E-state index contributed by atoms with van der Waals surface area (Å²) in [4.78, 5) is 12.7. The Morgan fingerprint density at radius 2 is 2.26 bits per heavy atom. The van der Waals surface area contributed by atoms with Gasteiger partial charge in [-0.3, -0.25) is 9.48 Å². The van der Waals surface area contributed by atoms with E-state index in [1.54, 1.807) is 29.2 Å². The maximum absolute atomic E-state index is 12.1. The van der Waals surface area contributed by atoms with E-state index in [9.17, 15) is 4.79 Å². The van der Waals surface area contributed by atoms with Crippen LogP contribution >= 0.6 is 27.3 Å². The van der Waals surface area contributed by atoms with Gasteiger partial charge in [0.1, 0.15) is 0 Å². The Labute approximate surface area is 145 Å². The number of benzene rings is 1. The van der Waals surface area contributed by atoms with Gasteiger partial charge in [-0.2, -0.15) is 10.4 Å². The smallest absolute Gasteiger partial charge is 0.265 e. The lowest BCUT2D eigenvalue weighted by Crippen LogP contribution is -2.09. The van der Waals surface area contributed by atoms with Crippen LogP contribution in [0, 0.1) is 11.3 Å². The van der Waals surface area contributed by atoms with Crippen molar-refractivity contribution in [3.05, 3.63) is 68.6 Å². The highest BCUT2D eigenvalue weighted by Gasteiger charge is 2.10. The molecule has 0 atom stereocenters. The molecule has 0 unspecified atom stereocenters. The van der Waals surface area contributed by atoms with E-state index in [1.165, 1.54) is 11.3 Å². The Hall–Kier alpha value is -2.43. The maximum Gasteiger partial charge on any atom is 0.265 e. The van der Waals surface area contributed by atoms with Crippen LogP contribution in [-0.2, 0) is 6.54 Å². The zero-order chi connectivity index (χ0) is 16.2. The predicted octanol–water partition coefficient (Wildman–Crippen LogP) is 3.88. The highest BCUT2D eigenvalue weighted by Crippen LogP contribution is 2.23. The fourth-order valence-electron chi connectivity index (χ4n) is 2.07. The number of anilines is 1. The molecule has 0 bridgehead atoms. The second-order valence-electron chi connectivity index (χ2n) is 4.80. The third-order valence-corrected chi connectivity index (χ3v) is 4.71. The zero-order valence-corrected chi connectivity index (χ0v) is 14.3. The number of halogens is 1. The Morgan fingerprint density at radius 3 is 3.00 bits per heavy atom. The quantitative estimate of drug-likeness (QED) is 0.739. The maximum atomic E-state index is 12.1. The summed E-state index contributed by atoms with van der Waals surface area (Å²) in [6, 6.07) is 13.1. The summed E-state index contributed by atoms with van der Waals surface area (Å²) >= 11 is 4.71. The van der Waals surface area contributed by atoms with Crippen LogP contribution in [-0.4, -0.2) is 15.7 Å². The van der Waals surface area contributed by atoms with E-state index in [2.05, 4.69) is 32.4 Å². The van der Waals surface area contributed by atoms with Gasteiger partial charge < -0.3 is 5.32 Å². The van der Waals surface area contributed by atoms with Crippen LogP contribution in [0.15, 0.2) is 52.6 Å². The van der Waals surface area contributed by atoms with Gasteiger partial charge in [-0.05, 0) is 45.8 Å². The summed E-state index contributed by atoms with van der Waals surface area (Å²) in [5.74, 6) is -0.160. The minimum absolute atomic E-state index is 0.160. The molecule has 0 fully saturated rings. The second-order valence-corrected chi connectivity index (χ2v) is 7.26. The molecule has 3 aromatic rings. The van der Waals surface area contributed by atoms with Gasteiger partial charge >= 0.3 is 0 Å². The molecule has 1 N–H and O–H groups in total. The lowest BCUT2D eigenvalue weighted by atomic mass is 10.1. The molecule has 114 valence electrons. The summed E-state index contributed by atoms with van der Waals surface area (Å²) < 4.78 is 2.63. The molecule has 1 amide bonds. The molecular formula is C16H11BrN4OS. The molecule has 0 saturated heterocycles. The van der Waals surface area contributed by atoms with Gasteiger partial charge in [-0.25, -0.2) is 0 Å². The van der Waals surface area contributed by atoms with Gasteiger partial charge in [0.25, 0.3) is 5.91 Å². The van der Waals surface area contributed by atoms with Crippen LogP contribution in [0.1, 0.15) is 20.8 Å². The molecular weight excluding hydrogens is 376 g/mol. The molecule has 5 nitrogen and oxygen atoms in total. The number of hydrogen-bond donors (Lipinski definition) is 1. The number of nitriles is 1. The van der Waals surface area contributed by atoms with Crippen LogP contribution < -0.4 is 5.32 Å². The van der Waals surface area contributed by atoms with Crippen molar-refractivity contribution in [1.82, 2.24) is 9.78 Å². The van der Waals surface area contributed by atoms with Gasteiger partial charge in [-0.15, -0.1) is 11.3 Å². The summed E-state index contributed by atoms with van der Waals surface area (Å²) in [7, 11) is 0. The fraction of sp³-hybridized carbons (Fsp3) is 0.0625. The fourth-order valence-corrected chi connectivity index (χ4v) is 3.35. The lowest BCUT2D eigenvalue weighted by molar-refractivity contribution is 0.103. The van der Waals surface area contributed by atoms with E-state index >= 15 is 0 Å².